The molecule has 0 saturated heterocycles. The Morgan fingerprint density at radius 1 is 0.897 bits per heavy atom. The average Bonchev–Trinajstić information content (AvgIpc) is 2.77. The van der Waals surface area contributed by atoms with Crippen LogP contribution in [0.5, 0.6) is 5.75 Å². The quantitative estimate of drug-likeness (QED) is 0.262. The second-order valence-corrected chi connectivity index (χ2v) is 7.14. The summed E-state index contributed by atoms with van der Waals surface area (Å²) in [6.45, 7) is 0.340. The van der Waals surface area contributed by atoms with Gasteiger partial charge in [0, 0.05) is 15.6 Å². The number of rotatable bonds is 7. The first-order chi connectivity index (χ1) is 14.1. The highest BCUT2D eigenvalue weighted by atomic mass is 79.9. The van der Waals surface area contributed by atoms with Gasteiger partial charge < -0.3 is 9.47 Å². The molecular formula is C24H19BrO4. The molecule has 0 saturated carbocycles. The van der Waals surface area contributed by atoms with Crippen molar-refractivity contribution >= 4 is 33.8 Å². The molecule has 0 aliphatic carbocycles. The minimum atomic E-state index is -0.372. The fraction of sp³-hybridized carbons (Fsp3) is 0.0833. The van der Waals surface area contributed by atoms with Crippen molar-refractivity contribution in [1.29, 1.82) is 0 Å². The molecule has 146 valence electrons. The second kappa shape index (κ2) is 9.85. The van der Waals surface area contributed by atoms with Crippen LogP contribution in [0.15, 0.2) is 83.3 Å². The molecule has 3 aromatic carbocycles. The summed E-state index contributed by atoms with van der Waals surface area (Å²) in [5.74, 6) is 0.221. The Morgan fingerprint density at radius 2 is 1.55 bits per heavy atom. The minimum absolute atomic E-state index is 0.0781. The second-order valence-electron chi connectivity index (χ2n) is 6.22. The molecule has 0 heterocycles. The van der Waals surface area contributed by atoms with Crippen molar-refractivity contribution in [2.24, 2.45) is 0 Å². The lowest BCUT2D eigenvalue weighted by molar-refractivity contribution is 0.0600. The van der Waals surface area contributed by atoms with E-state index in [1.54, 1.807) is 30.3 Å². The van der Waals surface area contributed by atoms with E-state index < -0.39 is 0 Å². The first kappa shape index (κ1) is 20.6. The Bertz CT molecular complexity index is 1020. The molecule has 0 N–H and O–H groups in total. The Hall–Kier alpha value is -3.18. The number of ether oxygens (including phenoxy) is 2. The van der Waals surface area contributed by atoms with E-state index in [-0.39, 0.29) is 11.8 Å². The average molecular weight is 451 g/mol. The number of esters is 1. The summed E-state index contributed by atoms with van der Waals surface area (Å²) < 4.78 is 11.5. The molecule has 0 unspecified atom stereocenters. The smallest absolute Gasteiger partial charge is 0.337 e. The molecule has 0 atom stereocenters. The molecule has 0 aromatic heterocycles. The molecule has 4 nitrogen and oxygen atoms in total. The molecule has 0 amide bonds. The normalized spacial score (nSPS) is 10.7. The molecule has 0 radical (unpaired) electrons. The van der Waals surface area contributed by atoms with Crippen LogP contribution in [-0.2, 0) is 11.3 Å². The third-order valence-electron chi connectivity index (χ3n) is 4.23. The Morgan fingerprint density at radius 3 is 2.24 bits per heavy atom. The van der Waals surface area contributed by atoms with Crippen molar-refractivity contribution in [3.63, 3.8) is 0 Å². The number of carbonyl (C=O) groups is 2. The van der Waals surface area contributed by atoms with Gasteiger partial charge in [-0.25, -0.2) is 4.79 Å². The van der Waals surface area contributed by atoms with Crippen LogP contribution >= 0.6 is 15.9 Å². The van der Waals surface area contributed by atoms with Gasteiger partial charge in [-0.1, -0.05) is 46.3 Å². The van der Waals surface area contributed by atoms with Crippen molar-refractivity contribution in [2.75, 3.05) is 7.11 Å². The summed E-state index contributed by atoms with van der Waals surface area (Å²) >= 11 is 3.36. The number of ketones is 1. The van der Waals surface area contributed by atoms with E-state index >= 15 is 0 Å². The van der Waals surface area contributed by atoms with E-state index in [0.29, 0.717) is 23.5 Å². The number of hydrogen-bond donors (Lipinski definition) is 0. The Labute approximate surface area is 177 Å². The zero-order chi connectivity index (χ0) is 20.6. The van der Waals surface area contributed by atoms with Gasteiger partial charge in [0.1, 0.15) is 12.4 Å². The van der Waals surface area contributed by atoms with Crippen LogP contribution in [-0.4, -0.2) is 18.9 Å². The van der Waals surface area contributed by atoms with Crippen molar-refractivity contribution in [1.82, 2.24) is 0 Å². The van der Waals surface area contributed by atoms with Gasteiger partial charge in [0.2, 0.25) is 0 Å². The highest BCUT2D eigenvalue weighted by Crippen LogP contribution is 2.21. The van der Waals surface area contributed by atoms with Crippen molar-refractivity contribution in [2.45, 2.75) is 6.61 Å². The largest absolute Gasteiger partial charge is 0.488 e. The van der Waals surface area contributed by atoms with Crippen LogP contribution in [0, 0.1) is 0 Å². The van der Waals surface area contributed by atoms with Crippen LogP contribution < -0.4 is 4.74 Å². The van der Waals surface area contributed by atoms with Crippen LogP contribution in [0.2, 0.25) is 0 Å². The van der Waals surface area contributed by atoms with Crippen LogP contribution in [0.4, 0.5) is 0 Å². The van der Waals surface area contributed by atoms with Gasteiger partial charge in [-0.2, -0.15) is 0 Å². The monoisotopic (exact) mass is 450 g/mol. The standard InChI is InChI=1S/C24H19BrO4/c1-28-24(27)20-8-6-17(7-9-20)16-29-23-5-3-2-4-19(23)12-15-22(26)18-10-13-21(25)14-11-18/h2-15H,16H2,1H3. The number of halogens is 1. The Kier molecular flexibility index (Phi) is 6.98. The molecule has 5 heteroatoms. The summed E-state index contributed by atoms with van der Waals surface area (Å²) in [7, 11) is 1.35. The molecule has 0 bridgehead atoms. The number of para-hydroxylation sites is 1. The van der Waals surface area contributed by atoms with Gasteiger partial charge in [-0.3, -0.25) is 4.79 Å². The van der Waals surface area contributed by atoms with Gasteiger partial charge >= 0.3 is 5.97 Å². The van der Waals surface area contributed by atoms with E-state index in [1.165, 1.54) is 13.2 Å². The van der Waals surface area contributed by atoms with Gasteiger partial charge in [0.15, 0.2) is 5.78 Å². The lowest BCUT2D eigenvalue weighted by Gasteiger charge is -2.09. The number of carbonyl (C=O) groups excluding carboxylic acids is 2. The number of allylic oxidation sites excluding steroid dienone is 1. The maximum absolute atomic E-state index is 12.4. The molecule has 3 aromatic rings. The molecular weight excluding hydrogens is 432 g/mol. The van der Waals surface area contributed by atoms with Crippen LogP contribution in [0.25, 0.3) is 6.08 Å². The van der Waals surface area contributed by atoms with E-state index in [2.05, 4.69) is 15.9 Å². The van der Waals surface area contributed by atoms with Gasteiger partial charge in [-0.15, -0.1) is 0 Å². The Balaban J connectivity index is 1.68. The molecule has 0 spiro atoms. The van der Waals surface area contributed by atoms with E-state index in [9.17, 15) is 9.59 Å². The predicted octanol–water partition coefficient (Wildman–Crippen LogP) is 5.71. The van der Waals surface area contributed by atoms with Gasteiger partial charge in [0.05, 0.1) is 12.7 Å². The summed E-state index contributed by atoms with van der Waals surface area (Å²) in [5.41, 5.74) is 2.84. The fourth-order valence-electron chi connectivity index (χ4n) is 2.64. The number of methoxy groups -OCH3 is 1. The maximum atomic E-state index is 12.4. The summed E-state index contributed by atoms with van der Waals surface area (Å²) in [6, 6.07) is 21.8. The van der Waals surface area contributed by atoms with Crippen molar-refractivity contribution in [3.8, 4) is 5.75 Å². The molecule has 0 aliphatic rings. The van der Waals surface area contributed by atoms with Crippen LogP contribution in [0.1, 0.15) is 31.8 Å². The van der Waals surface area contributed by atoms with Gasteiger partial charge in [-0.05, 0) is 60.2 Å². The highest BCUT2D eigenvalue weighted by Gasteiger charge is 2.06. The molecule has 0 fully saturated rings. The van der Waals surface area contributed by atoms with E-state index in [1.807, 2.05) is 48.5 Å². The van der Waals surface area contributed by atoms with E-state index in [0.717, 1.165) is 15.6 Å². The minimum Gasteiger partial charge on any atom is -0.488 e. The highest BCUT2D eigenvalue weighted by molar-refractivity contribution is 9.10. The van der Waals surface area contributed by atoms with Crippen molar-refractivity contribution < 1.29 is 19.1 Å². The third kappa shape index (κ3) is 5.65. The van der Waals surface area contributed by atoms with Crippen molar-refractivity contribution in [3.05, 3.63) is 106 Å². The zero-order valence-electron chi connectivity index (χ0n) is 15.8. The predicted molar refractivity (Wildman–Crippen MR) is 116 cm³/mol. The molecule has 29 heavy (non-hydrogen) atoms. The first-order valence-electron chi connectivity index (χ1n) is 8.94. The maximum Gasteiger partial charge on any atom is 0.337 e. The molecule has 3 rings (SSSR count). The first-order valence-corrected chi connectivity index (χ1v) is 9.73. The number of hydrogen-bond acceptors (Lipinski definition) is 4. The lowest BCUT2D eigenvalue weighted by atomic mass is 10.1. The zero-order valence-corrected chi connectivity index (χ0v) is 17.4. The number of benzene rings is 3. The fourth-order valence-corrected chi connectivity index (χ4v) is 2.91. The topological polar surface area (TPSA) is 52.6 Å². The third-order valence-corrected chi connectivity index (χ3v) is 4.76. The van der Waals surface area contributed by atoms with E-state index in [4.69, 9.17) is 9.47 Å². The SMILES string of the molecule is COC(=O)c1ccc(COc2ccccc2C=CC(=O)c2ccc(Br)cc2)cc1. The lowest BCUT2D eigenvalue weighted by Crippen LogP contribution is -2.02. The summed E-state index contributed by atoms with van der Waals surface area (Å²) in [6.07, 6.45) is 3.29. The van der Waals surface area contributed by atoms with Gasteiger partial charge in [0.25, 0.3) is 0 Å². The molecule has 0 aliphatic heterocycles. The summed E-state index contributed by atoms with van der Waals surface area (Å²) in [4.78, 5) is 23.9. The summed E-state index contributed by atoms with van der Waals surface area (Å²) in [5, 5.41) is 0. The van der Waals surface area contributed by atoms with Crippen LogP contribution in [0.3, 0.4) is 0 Å².